The van der Waals surface area contributed by atoms with Gasteiger partial charge >= 0.3 is 5.97 Å². The first kappa shape index (κ1) is 17.8. The van der Waals surface area contributed by atoms with E-state index in [1.807, 2.05) is 12.3 Å². The zero-order chi connectivity index (χ0) is 17.0. The van der Waals surface area contributed by atoms with E-state index in [-0.39, 0.29) is 12.6 Å². The molecule has 0 unspecified atom stereocenters. The summed E-state index contributed by atoms with van der Waals surface area (Å²) in [5.74, 6) is -0.332. The van der Waals surface area contributed by atoms with Crippen molar-refractivity contribution in [3.63, 3.8) is 0 Å². The van der Waals surface area contributed by atoms with Gasteiger partial charge in [-0.05, 0) is 79.0 Å². The van der Waals surface area contributed by atoms with Gasteiger partial charge in [-0.1, -0.05) is 6.07 Å². The fourth-order valence-electron chi connectivity index (χ4n) is 4.06. The number of hydrogen-bond donors (Lipinski definition) is 1. The van der Waals surface area contributed by atoms with E-state index >= 15 is 0 Å². The van der Waals surface area contributed by atoms with E-state index in [2.05, 4.69) is 32.3 Å². The van der Waals surface area contributed by atoms with Gasteiger partial charge in [-0.15, -0.1) is 0 Å². The van der Waals surface area contributed by atoms with Crippen molar-refractivity contribution in [1.29, 1.82) is 0 Å². The van der Waals surface area contributed by atoms with Gasteiger partial charge in [0.2, 0.25) is 0 Å². The van der Waals surface area contributed by atoms with Gasteiger partial charge < -0.3 is 14.8 Å². The number of ether oxygens (including phenoxy) is 2. The molecule has 0 atom stereocenters. The van der Waals surface area contributed by atoms with Crippen molar-refractivity contribution in [2.24, 2.45) is 5.41 Å². The molecular formula is C18H25BrN2O3. The maximum absolute atomic E-state index is 11.6. The maximum Gasteiger partial charge on any atom is 0.331 e. The third-order valence-electron chi connectivity index (χ3n) is 5.73. The number of aromatic nitrogens is 1. The molecule has 2 aliphatic rings. The Morgan fingerprint density at radius 2 is 1.92 bits per heavy atom. The molecular weight excluding hydrogens is 372 g/mol. The third kappa shape index (κ3) is 3.81. The molecule has 1 aliphatic heterocycles. The Morgan fingerprint density at radius 3 is 2.50 bits per heavy atom. The summed E-state index contributed by atoms with van der Waals surface area (Å²) in [6.45, 7) is 2.20. The van der Waals surface area contributed by atoms with Crippen LogP contribution in [-0.2, 0) is 19.9 Å². The number of methoxy groups -OCH3 is 1. The number of nitrogens with one attached hydrogen (secondary N) is 1. The molecule has 6 heteroatoms. The number of esters is 1. The van der Waals surface area contributed by atoms with Crippen LogP contribution in [0.3, 0.4) is 0 Å². The highest BCUT2D eigenvalue weighted by Crippen LogP contribution is 2.51. The molecule has 24 heavy (non-hydrogen) atoms. The van der Waals surface area contributed by atoms with E-state index in [0.717, 1.165) is 48.9 Å². The van der Waals surface area contributed by atoms with Crippen LogP contribution in [0.1, 0.15) is 44.1 Å². The molecule has 1 aliphatic carbocycles. The minimum atomic E-state index is -0.433. The quantitative estimate of drug-likeness (QED) is 0.625. The molecule has 0 bridgehead atoms. The normalized spacial score (nSPS) is 22.2. The Bertz CT molecular complexity index is 560. The molecule has 0 amide bonds. The van der Waals surface area contributed by atoms with Crippen molar-refractivity contribution >= 4 is 21.9 Å². The summed E-state index contributed by atoms with van der Waals surface area (Å²) in [4.78, 5) is 16.0. The summed E-state index contributed by atoms with van der Waals surface area (Å²) in [6.07, 6.45) is 8.44. The highest BCUT2D eigenvalue weighted by Gasteiger charge is 2.45. The van der Waals surface area contributed by atoms with Gasteiger partial charge in [0.25, 0.3) is 0 Å². The number of halogens is 1. The molecule has 1 saturated heterocycles. The number of carbonyl (C=O) groups is 1. The minimum absolute atomic E-state index is 0.0128. The lowest BCUT2D eigenvalue weighted by Crippen LogP contribution is -2.44. The van der Waals surface area contributed by atoms with Crippen LogP contribution < -0.4 is 5.32 Å². The van der Waals surface area contributed by atoms with Gasteiger partial charge in [0.15, 0.2) is 0 Å². The van der Waals surface area contributed by atoms with E-state index in [9.17, 15) is 4.79 Å². The van der Waals surface area contributed by atoms with E-state index in [1.165, 1.54) is 20.0 Å². The van der Waals surface area contributed by atoms with Crippen molar-refractivity contribution in [2.45, 2.75) is 44.1 Å². The van der Waals surface area contributed by atoms with Gasteiger partial charge in [0, 0.05) is 11.8 Å². The number of piperidine rings is 1. The van der Waals surface area contributed by atoms with Crippen LogP contribution in [0.2, 0.25) is 0 Å². The van der Waals surface area contributed by atoms with Crippen molar-refractivity contribution in [3.05, 3.63) is 28.5 Å². The minimum Gasteiger partial charge on any atom is -0.467 e. The SMILES string of the molecule is COC(=O)COC1(c2ccc(Br)nc2)CCC2(CCNCC2)CC1. The van der Waals surface area contributed by atoms with Gasteiger partial charge in [-0.3, -0.25) is 0 Å². The van der Waals surface area contributed by atoms with E-state index in [1.54, 1.807) is 0 Å². The van der Waals surface area contributed by atoms with Crippen molar-refractivity contribution in [3.8, 4) is 0 Å². The van der Waals surface area contributed by atoms with Crippen LogP contribution in [0.15, 0.2) is 22.9 Å². The molecule has 2 heterocycles. The number of hydrogen-bond acceptors (Lipinski definition) is 5. The first-order valence-corrected chi connectivity index (χ1v) is 9.40. The Hall–Kier alpha value is -0.980. The van der Waals surface area contributed by atoms with E-state index in [0.29, 0.717) is 5.41 Å². The average Bonchev–Trinajstić information content (AvgIpc) is 2.63. The number of rotatable bonds is 4. The topological polar surface area (TPSA) is 60.5 Å². The molecule has 2 fully saturated rings. The summed E-state index contributed by atoms with van der Waals surface area (Å²) < 4.78 is 11.7. The Balaban J connectivity index is 1.78. The molecule has 0 radical (unpaired) electrons. The van der Waals surface area contributed by atoms with Gasteiger partial charge in [0.1, 0.15) is 11.2 Å². The Labute approximate surface area is 151 Å². The number of carbonyl (C=O) groups excluding carboxylic acids is 1. The standard InChI is InChI=1S/C18H25BrN2O3/c1-23-16(22)13-24-18(14-2-3-15(19)21-12-14)6-4-17(5-7-18)8-10-20-11-9-17/h2-3,12,20H,4-11,13H2,1H3. The fraction of sp³-hybridized carbons (Fsp3) is 0.667. The molecule has 3 rings (SSSR count). The van der Waals surface area contributed by atoms with Crippen molar-refractivity contribution in [1.82, 2.24) is 10.3 Å². The maximum atomic E-state index is 11.6. The predicted octanol–water partition coefficient (Wildman–Crippen LogP) is 3.17. The lowest BCUT2D eigenvalue weighted by Gasteiger charge is -2.48. The van der Waals surface area contributed by atoms with Crippen LogP contribution >= 0.6 is 15.9 Å². The number of pyridine rings is 1. The molecule has 0 aromatic carbocycles. The Kier molecular flexibility index (Phi) is 5.57. The second-order valence-corrected chi connectivity index (χ2v) is 7.79. The lowest BCUT2D eigenvalue weighted by molar-refractivity contribution is -0.160. The molecule has 132 valence electrons. The summed E-state index contributed by atoms with van der Waals surface area (Å²) in [7, 11) is 1.39. The first-order chi connectivity index (χ1) is 11.6. The molecule has 5 nitrogen and oxygen atoms in total. The van der Waals surface area contributed by atoms with E-state index < -0.39 is 5.60 Å². The summed E-state index contributed by atoms with van der Waals surface area (Å²) in [5.41, 5.74) is 1.06. The lowest BCUT2D eigenvalue weighted by atomic mass is 9.63. The molecule has 1 aromatic rings. The smallest absolute Gasteiger partial charge is 0.331 e. The molecule has 1 spiro atoms. The highest BCUT2D eigenvalue weighted by atomic mass is 79.9. The fourth-order valence-corrected chi connectivity index (χ4v) is 4.29. The molecule has 1 saturated carbocycles. The second-order valence-electron chi connectivity index (χ2n) is 6.98. The zero-order valence-electron chi connectivity index (χ0n) is 14.1. The molecule has 1 N–H and O–H groups in total. The van der Waals surface area contributed by atoms with Crippen LogP contribution in [0.25, 0.3) is 0 Å². The van der Waals surface area contributed by atoms with Gasteiger partial charge in [-0.25, -0.2) is 9.78 Å². The summed E-state index contributed by atoms with van der Waals surface area (Å²) >= 11 is 3.38. The molecule has 1 aromatic heterocycles. The number of nitrogens with zero attached hydrogens (tertiary/aromatic N) is 1. The predicted molar refractivity (Wildman–Crippen MR) is 94.6 cm³/mol. The summed E-state index contributed by atoms with van der Waals surface area (Å²) in [5, 5.41) is 3.46. The van der Waals surface area contributed by atoms with Gasteiger partial charge in [0.05, 0.1) is 12.7 Å². The van der Waals surface area contributed by atoms with Crippen molar-refractivity contribution < 1.29 is 14.3 Å². The van der Waals surface area contributed by atoms with Crippen LogP contribution in [0.4, 0.5) is 0 Å². The van der Waals surface area contributed by atoms with E-state index in [4.69, 9.17) is 9.47 Å². The third-order valence-corrected chi connectivity index (χ3v) is 6.20. The average molecular weight is 397 g/mol. The Morgan fingerprint density at radius 1 is 1.21 bits per heavy atom. The van der Waals surface area contributed by atoms with Crippen molar-refractivity contribution in [2.75, 3.05) is 26.8 Å². The van der Waals surface area contributed by atoms with Gasteiger partial charge in [-0.2, -0.15) is 0 Å². The van der Waals surface area contributed by atoms with Crippen LogP contribution in [0, 0.1) is 5.41 Å². The monoisotopic (exact) mass is 396 g/mol. The second kappa shape index (κ2) is 7.50. The highest BCUT2D eigenvalue weighted by molar-refractivity contribution is 9.10. The first-order valence-electron chi connectivity index (χ1n) is 8.61. The summed E-state index contributed by atoms with van der Waals surface area (Å²) in [6, 6.07) is 3.99. The largest absolute Gasteiger partial charge is 0.467 e. The van der Waals surface area contributed by atoms with Crippen LogP contribution in [0.5, 0.6) is 0 Å². The zero-order valence-corrected chi connectivity index (χ0v) is 15.7. The van der Waals surface area contributed by atoms with Crippen LogP contribution in [-0.4, -0.2) is 37.8 Å².